The van der Waals surface area contributed by atoms with Gasteiger partial charge in [-0.05, 0) is 36.4 Å². The molecular formula is C27H27N6O4P. The van der Waals surface area contributed by atoms with Gasteiger partial charge in [0.15, 0.2) is 0 Å². The van der Waals surface area contributed by atoms with E-state index in [4.69, 9.17) is 0 Å². The van der Waals surface area contributed by atoms with Gasteiger partial charge in [0.2, 0.25) is 0 Å². The molecule has 0 aliphatic rings. The Hall–Kier alpha value is -4.60. The van der Waals surface area contributed by atoms with E-state index in [0.717, 1.165) is 32.7 Å². The summed E-state index contributed by atoms with van der Waals surface area (Å²) in [5.41, 5.74) is 4.46. The van der Waals surface area contributed by atoms with Crippen LogP contribution in [0.5, 0.6) is 0 Å². The number of para-hydroxylation sites is 3. The van der Waals surface area contributed by atoms with Crippen molar-refractivity contribution in [3.05, 3.63) is 110 Å². The number of fused-ring (bicyclic) bond motifs is 3. The molecule has 0 amide bonds. The summed E-state index contributed by atoms with van der Waals surface area (Å²) >= 11 is 0. The Balaban J connectivity index is 0.00000133. The molecule has 9 N–H and O–H groups in total. The van der Waals surface area contributed by atoms with Gasteiger partial charge in [-0.1, -0.05) is 54.6 Å². The number of hydrogen-bond donors (Lipinski definition) is 3. The highest BCUT2D eigenvalue weighted by Gasteiger charge is 2.23. The van der Waals surface area contributed by atoms with Gasteiger partial charge in [0.25, 0.3) is 0 Å². The van der Waals surface area contributed by atoms with E-state index in [1.54, 1.807) is 18.6 Å². The van der Waals surface area contributed by atoms with Crippen LogP contribution >= 0.6 is 7.59 Å². The lowest BCUT2D eigenvalue weighted by molar-refractivity contribution is 0.585. The topological polar surface area (TPSA) is 186 Å². The average Bonchev–Trinajstić information content (AvgIpc) is 2.88. The molecule has 3 aromatic carbocycles. The van der Waals surface area contributed by atoms with Gasteiger partial charge in [0.1, 0.15) is 0 Å². The van der Waals surface area contributed by atoms with Gasteiger partial charge < -0.3 is 31.7 Å². The number of aromatic nitrogens is 3. The van der Waals surface area contributed by atoms with E-state index in [0.29, 0.717) is 17.1 Å². The molecule has 0 aliphatic heterocycles. The molecule has 0 unspecified atom stereocenters. The summed E-state index contributed by atoms with van der Waals surface area (Å²) < 4.78 is 14.3. The number of hydrogen-bond acceptors (Lipinski definition) is 4. The van der Waals surface area contributed by atoms with E-state index in [1.807, 2.05) is 91.0 Å². The Morgan fingerprint density at radius 3 is 1.08 bits per heavy atom. The number of rotatable bonds is 6. The van der Waals surface area contributed by atoms with Crippen LogP contribution in [0.25, 0.3) is 32.7 Å². The fourth-order valence-electron chi connectivity index (χ4n) is 4.03. The fraction of sp³-hybridized carbons (Fsp3) is 0. The smallest absolute Gasteiger partial charge is 0.352 e. The van der Waals surface area contributed by atoms with Crippen molar-refractivity contribution in [2.45, 2.75) is 0 Å². The van der Waals surface area contributed by atoms with Crippen molar-refractivity contribution >= 4 is 57.4 Å². The van der Waals surface area contributed by atoms with Crippen molar-refractivity contribution < 1.29 is 21.0 Å². The Morgan fingerprint density at radius 1 is 0.474 bits per heavy atom. The van der Waals surface area contributed by atoms with Gasteiger partial charge in [-0.3, -0.25) is 19.5 Å². The number of benzene rings is 3. The largest absolute Gasteiger partial charge is 0.412 e. The zero-order chi connectivity index (χ0) is 23.7. The minimum absolute atomic E-state index is 0. The van der Waals surface area contributed by atoms with Crippen LogP contribution in [0.2, 0.25) is 0 Å². The van der Waals surface area contributed by atoms with Crippen molar-refractivity contribution in [3.8, 4) is 0 Å². The van der Waals surface area contributed by atoms with E-state index >= 15 is 0 Å². The van der Waals surface area contributed by atoms with Crippen molar-refractivity contribution in [1.82, 2.24) is 15.0 Å². The van der Waals surface area contributed by atoms with Gasteiger partial charge in [-0.25, -0.2) is 0 Å². The molecule has 6 aromatic rings. The van der Waals surface area contributed by atoms with Crippen LogP contribution in [-0.4, -0.2) is 31.4 Å². The third-order valence-electron chi connectivity index (χ3n) is 5.63. The zero-order valence-electron chi connectivity index (χ0n) is 20.1. The van der Waals surface area contributed by atoms with Crippen LogP contribution in [0.4, 0.5) is 17.1 Å². The maximum Gasteiger partial charge on any atom is 0.352 e. The van der Waals surface area contributed by atoms with Crippen LogP contribution in [0.1, 0.15) is 0 Å². The molecule has 6 rings (SSSR count). The van der Waals surface area contributed by atoms with E-state index in [2.05, 4.69) is 30.2 Å². The molecule has 3 heterocycles. The van der Waals surface area contributed by atoms with Crippen LogP contribution in [0.15, 0.2) is 110 Å². The molecule has 10 nitrogen and oxygen atoms in total. The Kier molecular flexibility index (Phi) is 8.57. The number of pyridine rings is 3. The fourth-order valence-corrected chi connectivity index (χ4v) is 5.65. The summed E-state index contributed by atoms with van der Waals surface area (Å²) in [6.45, 7) is 0. The molecule has 0 spiro atoms. The van der Waals surface area contributed by atoms with Crippen molar-refractivity contribution in [3.63, 3.8) is 0 Å². The predicted octanol–water partition coefficient (Wildman–Crippen LogP) is 4.60. The molecule has 0 saturated heterocycles. The lowest BCUT2D eigenvalue weighted by Gasteiger charge is -2.24. The van der Waals surface area contributed by atoms with Gasteiger partial charge in [0.05, 0.1) is 52.2 Å². The molecule has 38 heavy (non-hydrogen) atoms. The average molecular weight is 531 g/mol. The molecule has 0 aliphatic carbocycles. The quantitative estimate of drug-likeness (QED) is 0.262. The molecule has 0 bridgehead atoms. The minimum Gasteiger partial charge on any atom is -0.412 e. The summed E-state index contributed by atoms with van der Waals surface area (Å²) in [5, 5.41) is 12.3. The summed E-state index contributed by atoms with van der Waals surface area (Å²) in [4.78, 5) is 13.5. The van der Waals surface area contributed by atoms with Crippen LogP contribution in [0.3, 0.4) is 0 Å². The van der Waals surface area contributed by atoms with Gasteiger partial charge in [0, 0.05) is 16.2 Å². The summed E-state index contributed by atoms with van der Waals surface area (Å²) in [6, 6.07) is 29.2. The lowest BCUT2D eigenvalue weighted by Crippen LogP contribution is -2.14. The number of nitrogens with one attached hydrogen (secondary N) is 3. The molecule has 3 aromatic heterocycles. The van der Waals surface area contributed by atoms with Crippen molar-refractivity contribution in [2.24, 2.45) is 0 Å². The zero-order valence-corrected chi connectivity index (χ0v) is 21.0. The molecule has 0 fully saturated rings. The molecular weight excluding hydrogens is 503 g/mol. The maximum atomic E-state index is 14.3. The summed E-state index contributed by atoms with van der Waals surface area (Å²) in [6.07, 6.45) is 5.03. The molecule has 11 heteroatoms. The number of nitrogens with zero attached hydrogens (tertiary/aromatic N) is 3. The first-order valence-corrected chi connectivity index (χ1v) is 12.8. The molecule has 0 radical (unpaired) electrons. The Bertz CT molecular complexity index is 1550. The number of anilines is 3. The van der Waals surface area contributed by atoms with Gasteiger partial charge in [-0.15, -0.1) is 0 Å². The standard InChI is InChI=1S/C27H21N6OP.3H2O/c34-35(31-22-13-19-7-1-4-10-25(19)28-16-22,32-23-14-20-8-2-5-11-26(20)29-17-23)33-24-15-21-9-3-6-12-27(21)30-18-24;;;/h1-18H,(H3,31,32,33,34);3*1H2. The van der Waals surface area contributed by atoms with Crippen LogP contribution in [-0.2, 0) is 4.57 Å². The Labute approximate surface area is 218 Å². The van der Waals surface area contributed by atoms with Crippen molar-refractivity contribution in [1.29, 1.82) is 0 Å². The highest BCUT2D eigenvalue weighted by Crippen LogP contribution is 2.46. The highest BCUT2D eigenvalue weighted by molar-refractivity contribution is 7.68. The molecule has 0 saturated carbocycles. The second-order valence-corrected chi connectivity index (χ2v) is 10.1. The highest BCUT2D eigenvalue weighted by atomic mass is 31.2. The van der Waals surface area contributed by atoms with Gasteiger partial charge in [-0.2, -0.15) is 0 Å². The van der Waals surface area contributed by atoms with Crippen LogP contribution < -0.4 is 15.3 Å². The SMILES string of the molecule is O.O.O.O=P(Nc1cnc2ccccc2c1)(Nc1cnc2ccccc2c1)Nc1cnc2ccccc2c1. The van der Waals surface area contributed by atoms with Crippen LogP contribution in [0, 0.1) is 0 Å². The minimum atomic E-state index is -3.49. The third-order valence-corrected chi connectivity index (χ3v) is 7.35. The summed E-state index contributed by atoms with van der Waals surface area (Å²) in [5.74, 6) is 0. The van der Waals surface area contributed by atoms with E-state index in [-0.39, 0.29) is 16.4 Å². The molecule has 0 atom stereocenters. The first-order valence-electron chi connectivity index (χ1n) is 11.1. The monoisotopic (exact) mass is 530 g/mol. The Morgan fingerprint density at radius 2 is 0.763 bits per heavy atom. The van der Waals surface area contributed by atoms with E-state index in [1.165, 1.54) is 0 Å². The summed E-state index contributed by atoms with van der Waals surface area (Å²) in [7, 11) is -3.49. The van der Waals surface area contributed by atoms with Gasteiger partial charge >= 0.3 is 7.59 Å². The predicted molar refractivity (Wildman–Crippen MR) is 155 cm³/mol. The third kappa shape index (κ3) is 5.86. The lowest BCUT2D eigenvalue weighted by atomic mass is 10.2. The van der Waals surface area contributed by atoms with E-state index in [9.17, 15) is 4.57 Å². The van der Waals surface area contributed by atoms with Crippen molar-refractivity contribution in [2.75, 3.05) is 15.3 Å². The normalized spacial score (nSPS) is 10.6. The maximum absolute atomic E-state index is 14.3. The first-order chi connectivity index (χ1) is 17.1. The molecule has 194 valence electrons. The second kappa shape index (κ2) is 11.6. The second-order valence-electron chi connectivity index (χ2n) is 8.19. The first kappa shape index (κ1) is 28.0. The van der Waals surface area contributed by atoms with E-state index < -0.39 is 7.59 Å².